The van der Waals surface area contributed by atoms with Crippen molar-refractivity contribution in [1.29, 1.82) is 0 Å². The molecule has 2 N–H and O–H groups in total. The van der Waals surface area contributed by atoms with E-state index in [1.54, 1.807) is 23.1 Å². The van der Waals surface area contributed by atoms with Crippen molar-refractivity contribution in [3.8, 4) is 0 Å². The number of hydrogen-bond donors (Lipinski definition) is 2. The fourth-order valence-electron chi connectivity index (χ4n) is 2.04. The number of aromatic carboxylic acids is 1. The van der Waals surface area contributed by atoms with Gasteiger partial charge in [-0.2, -0.15) is 5.10 Å². The van der Waals surface area contributed by atoms with Gasteiger partial charge in [-0.05, 0) is 30.3 Å². The van der Waals surface area contributed by atoms with Gasteiger partial charge in [-0.3, -0.25) is 4.79 Å². The average molecular weight is 329 g/mol. The monoisotopic (exact) mass is 329 g/mol. The maximum Gasteiger partial charge on any atom is 0.335 e. The van der Waals surface area contributed by atoms with Crippen molar-refractivity contribution >= 4 is 23.8 Å². The molecule has 0 atom stereocenters. The molecule has 0 aromatic heterocycles. The zero-order chi connectivity index (χ0) is 17.7. The van der Waals surface area contributed by atoms with E-state index in [4.69, 9.17) is 5.11 Å². The number of hydrogen-bond acceptors (Lipinski definition) is 4. The molecular formula is C17H16FN3O3. The quantitative estimate of drug-likeness (QED) is 0.652. The lowest BCUT2D eigenvalue weighted by atomic mass is 10.1. The van der Waals surface area contributed by atoms with E-state index in [0.717, 1.165) is 18.0 Å². The molecule has 0 fully saturated rings. The number of para-hydroxylation sites is 1. The van der Waals surface area contributed by atoms with E-state index in [0.29, 0.717) is 5.56 Å². The van der Waals surface area contributed by atoms with Crippen molar-refractivity contribution in [2.24, 2.45) is 5.10 Å². The highest BCUT2D eigenvalue weighted by molar-refractivity contribution is 6.00. The van der Waals surface area contributed by atoms with Gasteiger partial charge in [0.05, 0.1) is 17.3 Å². The van der Waals surface area contributed by atoms with Crippen molar-refractivity contribution in [2.75, 3.05) is 19.0 Å². The predicted molar refractivity (Wildman–Crippen MR) is 89.2 cm³/mol. The maximum atomic E-state index is 13.8. The summed E-state index contributed by atoms with van der Waals surface area (Å²) in [6, 6.07) is 10.4. The Kier molecular flexibility index (Phi) is 5.26. The van der Waals surface area contributed by atoms with Crippen LogP contribution in [0.5, 0.6) is 0 Å². The number of nitrogens with one attached hydrogen (secondary N) is 1. The van der Waals surface area contributed by atoms with Gasteiger partial charge < -0.3 is 10.0 Å². The van der Waals surface area contributed by atoms with E-state index >= 15 is 0 Å². The zero-order valence-electron chi connectivity index (χ0n) is 13.2. The van der Waals surface area contributed by atoms with E-state index in [2.05, 4.69) is 10.5 Å². The fraction of sp³-hybridized carbons (Fsp3) is 0.118. The van der Waals surface area contributed by atoms with Gasteiger partial charge in [0, 0.05) is 25.3 Å². The van der Waals surface area contributed by atoms with Crippen LogP contribution in [0.25, 0.3) is 0 Å². The van der Waals surface area contributed by atoms with E-state index < -0.39 is 17.7 Å². The molecule has 6 nitrogen and oxygen atoms in total. The third kappa shape index (κ3) is 3.95. The molecule has 0 radical (unpaired) electrons. The molecule has 0 unspecified atom stereocenters. The number of rotatable bonds is 5. The standard InChI is InChI=1S/C17H16FN3O3/c1-21(2)15-6-4-3-5-13(15)16(22)20-19-10-12-8-7-11(17(23)24)9-14(12)18/h3-10H,1-2H3,(H,20,22)(H,23,24)/b19-10+. The van der Waals surface area contributed by atoms with Crippen LogP contribution in [0.4, 0.5) is 10.1 Å². The first-order valence-corrected chi connectivity index (χ1v) is 7.02. The highest BCUT2D eigenvalue weighted by atomic mass is 19.1. The Morgan fingerprint density at radius 2 is 1.92 bits per heavy atom. The Morgan fingerprint density at radius 1 is 1.21 bits per heavy atom. The van der Waals surface area contributed by atoms with Crippen LogP contribution in [-0.4, -0.2) is 37.3 Å². The molecule has 24 heavy (non-hydrogen) atoms. The molecule has 0 saturated heterocycles. The largest absolute Gasteiger partial charge is 0.478 e. The number of carboxylic acid groups (broad SMARTS) is 1. The van der Waals surface area contributed by atoms with Gasteiger partial charge in [0.25, 0.3) is 5.91 Å². The molecule has 0 aliphatic heterocycles. The summed E-state index contributed by atoms with van der Waals surface area (Å²) < 4.78 is 13.8. The topological polar surface area (TPSA) is 82.0 Å². The van der Waals surface area contributed by atoms with Crippen LogP contribution < -0.4 is 10.3 Å². The number of hydrazone groups is 1. The predicted octanol–water partition coefficient (Wildman–Crippen LogP) is 2.35. The van der Waals surface area contributed by atoms with Crippen molar-refractivity contribution < 1.29 is 19.1 Å². The SMILES string of the molecule is CN(C)c1ccccc1C(=O)N/N=C/c1ccc(C(=O)O)cc1F. The van der Waals surface area contributed by atoms with Gasteiger partial charge in [0.1, 0.15) is 5.82 Å². The molecule has 124 valence electrons. The van der Waals surface area contributed by atoms with Crippen molar-refractivity contribution in [1.82, 2.24) is 5.43 Å². The Morgan fingerprint density at radius 3 is 2.54 bits per heavy atom. The number of nitrogens with zero attached hydrogens (tertiary/aromatic N) is 2. The van der Waals surface area contributed by atoms with Crippen LogP contribution in [0.15, 0.2) is 47.6 Å². The van der Waals surface area contributed by atoms with E-state index in [-0.39, 0.29) is 11.1 Å². The second-order valence-corrected chi connectivity index (χ2v) is 5.15. The fourth-order valence-corrected chi connectivity index (χ4v) is 2.04. The van der Waals surface area contributed by atoms with Crippen molar-refractivity contribution in [2.45, 2.75) is 0 Å². The molecular weight excluding hydrogens is 313 g/mol. The number of carboxylic acids is 1. The molecule has 0 aliphatic rings. The minimum Gasteiger partial charge on any atom is -0.478 e. The lowest BCUT2D eigenvalue weighted by Gasteiger charge is -2.15. The summed E-state index contributed by atoms with van der Waals surface area (Å²) in [7, 11) is 3.63. The van der Waals surface area contributed by atoms with Crippen LogP contribution in [0.3, 0.4) is 0 Å². The smallest absolute Gasteiger partial charge is 0.335 e. The molecule has 0 bridgehead atoms. The molecule has 2 aromatic carbocycles. The number of halogens is 1. The van der Waals surface area contributed by atoms with Gasteiger partial charge >= 0.3 is 5.97 Å². The van der Waals surface area contributed by atoms with E-state index in [1.165, 1.54) is 12.1 Å². The number of carbonyl (C=O) groups excluding carboxylic acids is 1. The molecule has 2 aromatic rings. The molecule has 0 heterocycles. The summed E-state index contributed by atoms with van der Waals surface area (Å²) in [4.78, 5) is 24.7. The van der Waals surface area contributed by atoms with Gasteiger partial charge in [0.15, 0.2) is 0 Å². The van der Waals surface area contributed by atoms with Crippen LogP contribution >= 0.6 is 0 Å². The van der Waals surface area contributed by atoms with E-state index in [1.807, 2.05) is 20.2 Å². The Bertz CT molecular complexity index is 803. The van der Waals surface area contributed by atoms with Crippen LogP contribution in [0.1, 0.15) is 26.3 Å². The summed E-state index contributed by atoms with van der Waals surface area (Å²) in [5.41, 5.74) is 3.40. The number of anilines is 1. The first kappa shape index (κ1) is 17.1. The summed E-state index contributed by atoms with van der Waals surface area (Å²) in [5, 5.41) is 12.5. The second-order valence-electron chi connectivity index (χ2n) is 5.15. The van der Waals surface area contributed by atoms with Gasteiger partial charge in [0.2, 0.25) is 0 Å². The number of benzene rings is 2. The van der Waals surface area contributed by atoms with Crippen LogP contribution in [0.2, 0.25) is 0 Å². The summed E-state index contributed by atoms with van der Waals surface area (Å²) in [6.07, 6.45) is 1.12. The third-order valence-electron chi connectivity index (χ3n) is 3.25. The molecule has 0 aliphatic carbocycles. The number of amides is 1. The summed E-state index contributed by atoms with van der Waals surface area (Å²) >= 11 is 0. The Hall–Kier alpha value is -3.22. The van der Waals surface area contributed by atoms with Gasteiger partial charge in [-0.25, -0.2) is 14.6 Å². The highest BCUT2D eigenvalue weighted by Gasteiger charge is 2.11. The first-order chi connectivity index (χ1) is 11.4. The average Bonchev–Trinajstić information content (AvgIpc) is 2.55. The molecule has 1 amide bonds. The van der Waals surface area contributed by atoms with Crippen LogP contribution in [-0.2, 0) is 0 Å². The van der Waals surface area contributed by atoms with Crippen molar-refractivity contribution in [3.05, 3.63) is 65.0 Å². The second kappa shape index (κ2) is 7.36. The highest BCUT2D eigenvalue weighted by Crippen LogP contribution is 2.17. The minimum absolute atomic E-state index is 0.0706. The Labute approximate surface area is 138 Å². The lowest BCUT2D eigenvalue weighted by molar-refractivity contribution is 0.0696. The normalized spacial score (nSPS) is 10.6. The van der Waals surface area contributed by atoms with Gasteiger partial charge in [-0.1, -0.05) is 12.1 Å². The van der Waals surface area contributed by atoms with Crippen molar-refractivity contribution in [3.63, 3.8) is 0 Å². The van der Waals surface area contributed by atoms with E-state index in [9.17, 15) is 14.0 Å². The first-order valence-electron chi connectivity index (χ1n) is 7.02. The molecule has 7 heteroatoms. The Balaban J connectivity index is 2.12. The lowest BCUT2D eigenvalue weighted by Crippen LogP contribution is -2.21. The molecule has 0 saturated carbocycles. The molecule has 0 spiro atoms. The number of carbonyl (C=O) groups is 2. The van der Waals surface area contributed by atoms with Gasteiger partial charge in [-0.15, -0.1) is 0 Å². The minimum atomic E-state index is -1.22. The maximum absolute atomic E-state index is 13.8. The third-order valence-corrected chi connectivity index (χ3v) is 3.25. The summed E-state index contributed by atoms with van der Waals surface area (Å²) in [6.45, 7) is 0. The van der Waals surface area contributed by atoms with Crippen LogP contribution in [0, 0.1) is 5.82 Å². The summed E-state index contributed by atoms with van der Waals surface area (Å²) in [5.74, 6) is -2.38. The molecule has 2 rings (SSSR count). The zero-order valence-corrected chi connectivity index (χ0v) is 13.2.